The largest absolute Gasteiger partial charge is 0.0889 e. The van der Waals surface area contributed by atoms with Crippen LogP contribution in [0.1, 0.15) is 24.5 Å². The summed E-state index contributed by atoms with van der Waals surface area (Å²) >= 11 is 0. The van der Waals surface area contributed by atoms with E-state index in [0.29, 0.717) is 8.58 Å². The normalized spacial score (nSPS) is 9.62. The predicted molar refractivity (Wildman–Crippen MR) is 113 cm³/mol. The maximum atomic E-state index is 2.25. The molecule has 3 rings (SSSR count). The molecule has 0 bridgehead atoms. The fourth-order valence-corrected chi connectivity index (χ4v) is 3.09. The standard InChI is InChI=1S/C9H13P.2C7H8/c1-2-8-10-9-6-4-3-5-7-9;2*1-7-5-3-2-4-6-7/h3-7,10H,2,8H2,1H3;2*2-6H,1H3/p+1. The first kappa shape index (κ1) is 20.1. The molecule has 3 aromatic rings. The molecule has 0 spiro atoms. The minimum atomic E-state index is 0.547. The van der Waals surface area contributed by atoms with Gasteiger partial charge in [-0.05, 0) is 32.4 Å². The second kappa shape index (κ2) is 13.5. The monoisotopic (exact) mass is 337 g/mol. The van der Waals surface area contributed by atoms with Crippen LogP contribution in [0.4, 0.5) is 0 Å². The van der Waals surface area contributed by atoms with Crippen LogP contribution in [0.2, 0.25) is 0 Å². The van der Waals surface area contributed by atoms with Crippen LogP contribution in [0.3, 0.4) is 0 Å². The van der Waals surface area contributed by atoms with Crippen molar-refractivity contribution in [2.45, 2.75) is 27.2 Å². The summed E-state index contributed by atoms with van der Waals surface area (Å²) in [6, 6.07) is 31.3. The Balaban J connectivity index is 0.000000185. The lowest BCUT2D eigenvalue weighted by molar-refractivity contribution is 1.10. The van der Waals surface area contributed by atoms with Crippen molar-refractivity contribution >= 4 is 13.9 Å². The zero-order valence-electron chi connectivity index (χ0n) is 15.2. The third-order valence-corrected chi connectivity index (χ3v) is 5.07. The van der Waals surface area contributed by atoms with Crippen molar-refractivity contribution in [2.75, 3.05) is 6.16 Å². The zero-order valence-corrected chi connectivity index (χ0v) is 16.3. The highest BCUT2D eigenvalue weighted by Gasteiger charge is 1.94. The van der Waals surface area contributed by atoms with Crippen LogP contribution in [0.15, 0.2) is 91.0 Å². The lowest BCUT2D eigenvalue weighted by Gasteiger charge is -1.89. The van der Waals surface area contributed by atoms with Crippen molar-refractivity contribution in [2.24, 2.45) is 0 Å². The van der Waals surface area contributed by atoms with Gasteiger partial charge < -0.3 is 0 Å². The van der Waals surface area contributed by atoms with E-state index in [1.54, 1.807) is 5.30 Å². The summed E-state index contributed by atoms with van der Waals surface area (Å²) in [5, 5.41) is 1.55. The molecular formula is C23H30P+. The molecule has 0 N–H and O–H groups in total. The lowest BCUT2D eigenvalue weighted by Crippen LogP contribution is -1.91. The van der Waals surface area contributed by atoms with Crippen molar-refractivity contribution in [3.63, 3.8) is 0 Å². The first-order valence-electron chi connectivity index (χ1n) is 8.64. The molecule has 1 heteroatoms. The molecule has 0 amide bonds. The van der Waals surface area contributed by atoms with E-state index in [1.165, 1.54) is 23.7 Å². The van der Waals surface area contributed by atoms with Gasteiger partial charge in [0.05, 0.1) is 11.5 Å². The Morgan fingerprint density at radius 3 is 1.25 bits per heavy atom. The summed E-state index contributed by atoms with van der Waals surface area (Å²) in [7, 11) is 0.547. The smallest absolute Gasteiger partial charge is 0.0622 e. The van der Waals surface area contributed by atoms with Crippen molar-refractivity contribution < 1.29 is 0 Å². The third kappa shape index (κ3) is 10.8. The number of hydrogen-bond acceptors (Lipinski definition) is 0. The molecule has 1 unspecified atom stereocenters. The summed E-state index contributed by atoms with van der Waals surface area (Å²) < 4.78 is 0. The van der Waals surface area contributed by atoms with Crippen LogP contribution in [0.25, 0.3) is 0 Å². The van der Waals surface area contributed by atoms with Gasteiger partial charge in [0.1, 0.15) is 0 Å². The highest BCUT2D eigenvalue weighted by atomic mass is 31.1. The number of hydrogen-bond donors (Lipinski definition) is 0. The highest BCUT2D eigenvalue weighted by molar-refractivity contribution is 7.47. The van der Waals surface area contributed by atoms with Crippen molar-refractivity contribution in [3.05, 3.63) is 102 Å². The molecular weight excluding hydrogens is 307 g/mol. The molecule has 0 heterocycles. The van der Waals surface area contributed by atoms with Gasteiger partial charge in [-0.25, -0.2) is 0 Å². The summed E-state index contributed by atoms with van der Waals surface area (Å²) in [5.41, 5.74) is 2.64. The quantitative estimate of drug-likeness (QED) is 0.505. The Morgan fingerprint density at radius 1 is 0.583 bits per heavy atom. The molecule has 0 radical (unpaired) electrons. The fraction of sp³-hybridized carbons (Fsp3) is 0.217. The maximum Gasteiger partial charge on any atom is 0.0889 e. The van der Waals surface area contributed by atoms with Gasteiger partial charge in [-0.2, -0.15) is 0 Å². The Kier molecular flexibility index (Phi) is 11.3. The van der Waals surface area contributed by atoms with Gasteiger partial charge in [0.25, 0.3) is 0 Å². The number of benzene rings is 3. The first-order chi connectivity index (χ1) is 11.7. The molecule has 0 aliphatic carbocycles. The Hall–Kier alpha value is -1.91. The second-order valence-electron chi connectivity index (χ2n) is 5.71. The molecule has 3 aromatic carbocycles. The van der Waals surface area contributed by atoms with Gasteiger partial charge in [0.2, 0.25) is 0 Å². The van der Waals surface area contributed by atoms with Gasteiger partial charge in [-0.1, -0.05) is 96.9 Å². The maximum absolute atomic E-state index is 2.25. The fourth-order valence-electron chi connectivity index (χ4n) is 1.97. The molecule has 0 saturated carbocycles. The predicted octanol–water partition coefficient (Wildman–Crippen LogP) is 6.12. The minimum Gasteiger partial charge on any atom is -0.0622 e. The van der Waals surface area contributed by atoms with Gasteiger partial charge in [0.15, 0.2) is 0 Å². The molecule has 0 fully saturated rings. The Morgan fingerprint density at radius 2 is 0.958 bits per heavy atom. The number of aryl methyl sites for hydroxylation is 2. The summed E-state index contributed by atoms with van der Waals surface area (Å²) in [6.07, 6.45) is 2.72. The molecule has 0 aliphatic heterocycles. The van der Waals surface area contributed by atoms with Gasteiger partial charge in [-0.15, -0.1) is 0 Å². The van der Waals surface area contributed by atoms with Gasteiger partial charge >= 0.3 is 0 Å². The van der Waals surface area contributed by atoms with Crippen molar-refractivity contribution in [1.82, 2.24) is 0 Å². The summed E-state index contributed by atoms with van der Waals surface area (Å²) in [4.78, 5) is 0. The van der Waals surface area contributed by atoms with E-state index >= 15 is 0 Å². The van der Waals surface area contributed by atoms with Crippen LogP contribution >= 0.6 is 8.58 Å². The third-order valence-electron chi connectivity index (χ3n) is 3.35. The number of rotatable bonds is 3. The minimum absolute atomic E-state index is 0.547. The topological polar surface area (TPSA) is 0 Å². The molecule has 0 aromatic heterocycles. The van der Waals surface area contributed by atoms with Crippen molar-refractivity contribution in [3.8, 4) is 0 Å². The average Bonchev–Trinajstić information content (AvgIpc) is 2.63. The van der Waals surface area contributed by atoms with Crippen LogP contribution in [0.5, 0.6) is 0 Å². The van der Waals surface area contributed by atoms with E-state index in [2.05, 4.69) is 75.4 Å². The molecule has 0 aliphatic rings. The molecule has 0 saturated heterocycles. The average molecular weight is 337 g/mol. The van der Waals surface area contributed by atoms with Crippen LogP contribution in [-0.4, -0.2) is 6.16 Å². The van der Waals surface area contributed by atoms with Gasteiger partial charge in [0, 0.05) is 8.58 Å². The Bertz CT molecular complexity index is 580. The van der Waals surface area contributed by atoms with Crippen LogP contribution < -0.4 is 5.30 Å². The first-order valence-corrected chi connectivity index (χ1v) is 10.0. The zero-order chi connectivity index (χ0) is 17.5. The van der Waals surface area contributed by atoms with E-state index in [9.17, 15) is 0 Å². The van der Waals surface area contributed by atoms with Crippen LogP contribution in [0, 0.1) is 13.8 Å². The van der Waals surface area contributed by atoms with Gasteiger partial charge in [-0.3, -0.25) is 0 Å². The van der Waals surface area contributed by atoms with E-state index in [-0.39, 0.29) is 0 Å². The summed E-state index contributed by atoms with van der Waals surface area (Å²) in [5.74, 6) is 0. The van der Waals surface area contributed by atoms with E-state index in [1.807, 2.05) is 36.4 Å². The second-order valence-corrected chi connectivity index (χ2v) is 7.37. The van der Waals surface area contributed by atoms with E-state index in [4.69, 9.17) is 0 Å². The molecule has 1 atom stereocenters. The lowest BCUT2D eigenvalue weighted by atomic mass is 10.2. The molecule has 0 nitrogen and oxygen atoms in total. The van der Waals surface area contributed by atoms with E-state index < -0.39 is 0 Å². The molecule has 24 heavy (non-hydrogen) atoms. The SMILES string of the molecule is CCC[PH2+]c1ccccc1.Cc1ccccc1.Cc1ccccc1. The highest BCUT2D eigenvalue weighted by Crippen LogP contribution is 2.09. The Labute approximate surface area is 149 Å². The summed E-state index contributed by atoms with van der Waals surface area (Å²) in [6.45, 7) is 6.41. The van der Waals surface area contributed by atoms with Crippen LogP contribution in [-0.2, 0) is 0 Å². The molecule has 126 valence electrons. The van der Waals surface area contributed by atoms with E-state index in [0.717, 1.165) is 0 Å². The van der Waals surface area contributed by atoms with Crippen molar-refractivity contribution in [1.29, 1.82) is 0 Å².